The fourth-order valence-corrected chi connectivity index (χ4v) is 2.33. The maximum absolute atomic E-state index is 5.52. The van der Waals surface area contributed by atoms with Gasteiger partial charge >= 0.3 is 0 Å². The van der Waals surface area contributed by atoms with Crippen molar-refractivity contribution in [2.75, 3.05) is 13.7 Å². The lowest BCUT2D eigenvalue weighted by Crippen LogP contribution is -2.09. The fourth-order valence-electron chi connectivity index (χ4n) is 2.33. The minimum atomic E-state index is 0.683. The first-order valence-corrected chi connectivity index (χ1v) is 6.48. The largest absolute Gasteiger partial charge is 0.481 e. The first kappa shape index (κ1) is 12.3. The predicted octanol–water partition coefficient (Wildman–Crippen LogP) is 1.65. The lowest BCUT2D eigenvalue weighted by molar-refractivity contribution is 0.387. The third-order valence-electron chi connectivity index (χ3n) is 3.24. The monoisotopic (exact) mass is 235 g/mol. The number of aryl methyl sites for hydroxylation is 2. The van der Waals surface area contributed by atoms with Crippen LogP contribution in [-0.2, 0) is 19.3 Å². The zero-order valence-corrected chi connectivity index (χ0v) is 10.5. The highest BCUT2D eigenvalue weighted by molar-refractivity contribution is 5.32. The summed E-state index contributed by atoms with van der Waals surface area (Å²) in [6.07, 6.45) is 7.61. The summed E-state index contributed by atoms with van der Waals surface area (Å²) in [7, 11) is 1.69. The molecule has 0 amide bonds. The predicted molar refractivity (Wildman–Crippen MR) is 67.2 cm³/mol. The van der Waals surface area contributed by atoms with Crippen molar-refractivity contribution in [3.05, 3.63) is 17.1 Å². The summed E-state index contributed by atoms with van der Waals surface area (Å²) in [6, 6.07) is 0. The molecule has 2 N–H and O–H groups in total. The minimum absolute atomic E-state index is 0.683. The van der Waals surface area contributed by atoms with E-state index < -0.39 is 0 Å². The van der Waals surface area contributed by atoms with E-state index in [4.69, 9.17) is 10.5 Å². The van der Waals surface area contributed by atoms with Gasteiger partial charge in [0.2, 0.25) is 5.88 Å². The normalized spacial score (nSPS) is 15.2. The quantitative estimate of drug-likeness (QED) is 0.806. The van der Waals surface area contributed by atoms with Gasteiger partial charge in [-0.1, -0.05) is 6.42 Å². The van der Waals surface area contributed by atoms with Crippen LogP contribution in [0.4, 0.5) is 0 Å². The number of aromatic nitrogens is 2. The summed E-state index contributed by atoms with van der Waals surface area (Å²) >= 11 is 0. The molecule has 0 aliphatic heterocycles. The van der Waals surface area contributed by atoms with E-state index in [1.807, 2.05) is 0 Å². The Morgan fingerprint density at radius 2 is 2.00 bits per heavy atom. The molecule has 0 atom stereocenters. The SMILES string of the molecule is COc1nc(CCCN)nc2c1CCCCC2. The van der Waals surface area contributed by atoms with Crippen LogP contribution in [0.5, 0.6) is 5.88 Å². The second-order valence-corrected chi connectivity index (χ2v) is 4.53. The van der Waals surface area contributed by atoms with Crippen molar-refractivity contribution in [3.8, 4) is 5.88 Å². The summed E-state index contributed by atoms with van der Waals surface area (Å²) in [5, 5.41) is 0. The van der Waals surface area contributed by atoms with Gasteiger partial charge in [0.1, 0.15) is 5.82 Å². The number of hydrogen-bond acceptors (Lipinski definition) is 4. The van der Waals surface area contributed by atoms with Gasteiger partial charge < -0.3 is 10.5 Å². The molecular formula is C13H21N3O. The Labute approximate surface area is 103 Å². The molecular weight excluding hydrogens is 214 g/mol. The van der Waals surface area contributed by atoms with Crippen molar-refractivity contribution < 1.29 is 4.74 Å². The molecule has 4 nitrogen and oxygen atoms in total. The van der Waals surface area contributed by atoms with Crippen LogP contribution >= 0.6 is 0 Å². The van der Waals surface area contributed by atoms with Crippen molar-refractivity contribution in [1.29, 1.82) is 0 Å². The average molecular weight is 235 g/mol. The zero-order chi connectivity index (χ0) is 12.1. The Kier molecular flexibility index (Phi) is 4.31. The highest BCUT2D eigenvalue weighted by atomic mass is 16.5. The van der Waals surface area contributed by atoms with E-state index in [1.54, 1.807) is 7.11 Å². The number of hydrogen-bond donors (Lipinski definition) is 1. The minimum Gasteiger partial charge on any atom is -0.481 e. The number of rotatable bonds is 4. The maximum Gasteiger partial charge on any atom is 0.219 e. The number of ether oxygens (including phenoxy) is 1. The van der Waals surface area contributed by atoms with Crippen LogP contribution < -0.4 is 10.5 Å². The maximum atomic E-state index is 5.52. The van der Waals surface area contributed by atoms with Crippen LogP contribution in [0.2, 0.25) is 0 Å². The Morgan fingerprint density at radius 1 is 1.18 bits per heavy atom. The van der Waals surface area contributed by atoms with Crippen molar-refractivity contribution in [2.24, 2.45) is 5.73 Å². The number of nitrogens with two attached hydrogens (primary N) is 1. The molecule has 0 radical (unpaired) electrons. The molecule has 1 heterocycles. The Morgan fingerprint density at radius 3 is 2.76 bits per heavy atom. The van der Waals surface area contributed by atoms with Gasteiger partial charge in [0.25, 0.3) is 0 Å². The highest BCUT2D eigenvalue weighted by Crippen LogP contribution is 2.26. The third-order valence-corrected chi connectivity index (χ3v) is 3.24. The van der Waals surface area contributed by atoms with Crippen LogP contribution in [0.25, 0.3) is 0 Å². The Balaban J connectivity index is 2.29. The van der Waals surface area contributed by atoms with Crippen LogP contribution in [0, 0.1) is 0 Å². The molecule has 94 valence electrons. The second kappa shape index (κ2) is 5.96. The fraction of sp³-hybridized carbons (Fsp3) is 0.692. The highest BCUT2D eigenvalue weighted by Gasteiger charge is 2.16. The van der Waals surface area contributed by atoms with Crippen molar-refractivity contribution in [1.82, 2.24) is 9.97 Å². The molecule has 17 heavy (non-hydrogen) atoms. The van der Waals surface area contributed by atoms with E-state index in [1.165, 1.54) is 30.5 Å². The van der Waals surface area contributed by atoms with Gasteiger partial charge in [-0.2, -0.15) is 4.98 Å². The molecule has 0 aromatic carbocycles. The van der Waals surface area contributed by atoms with E-state index in [0.717, 1.165) is 37.4 Å². The summed E-state index contributed by atoms with van der Waals surface area (Å²) in [6.45, 7) is 0.683. The van der Waals surface area contributed by atoms with Gasteiger partial charge in [0, 0.05) is 12.0 Å². The number of methoxy groups -OCH3 is 1. The number of fused-ring (bicyclic) bond motifs is 1. The molecule has 1 aromatic heterocycles. The standard InChI is InChI=1S/C13H21N3O/c1-17-13-10-6-3-2-4-7-11(10)15-12(16-13)8-5-9-14/h2-9,14H2,1H3. The van der Waals surface area contributed by atoms with E-state index in [-0.39, 0.29) is 0 Å². The molecule has 1 aliphatic rings. The Hall–Kier alpha value is -1.16. The smallest absolute Gasteiger partial charge is 0.219 e. The van der Waals surface area contributed by atoms with Crippen LogP contribution in [0.1, 0.15) is 42.8 Å². The molecule has 1 aromatic rings. The topological polar surface area (TPSA) is 61.0 Å². The molecule has 4 heteroatoms. The molecule has 0 unspecified atom stereocenters. The first-order valence-electron chi connectivity index (χ1n) is 6.48. The van der Waals surface area contributed by atoms with Gasteiger partial charge in [-0.05, 0) is 38.6 Å². The van der Waals surface area contributed by atoms with Crippen LogP contribution in [0.15, 0.2) is 0 Å². The Bertz CT molecular complexity index is 379. The van der Waals surface area contributed by atoms with Gasteiger partial charge in [0.15, 0.2) is 0 Å². The van der Waals surface area contributed by atoms with Crippen molar-refractivity contribution >= 4 is 0 Å². The van der Waals surface area contributed by atoms with Crippen molar-refractivity contribution in [2.45, 2.75) is 44.9 Å². The van der Waals surface area contributed by atoms with E-state index >= 15 is 0 Å². The van der Waals surface area contributed by atoms with Gasteiger partial charge in [-0.15, -0.1) is 0 Å². The van der Waals surface area contributed by atoms with Gasteiger partial charge in [-0.3, -0.25) is 0 Å². The zero-order valence-electron chi connectivity index (χ0n) is 10.5. The molecule has 0 saturated carbocycles. The summed E-state index contributed by atoms with van der Waals surface area (Å²) in [5.74, 6) is 1.66. The molecule has 0 saturated heterocycles. The van der Waals surface area contributed by atoms with Gasteiger partial charge in [-0.25, -0.2) is 4.98 Å². The molecule has 0 fully saturated rings. The molecule has 1 aliphatic carbocycles. The van der Waals surface area contributed by atoms with E-state index in [2.05, 4.69) is 9.97 Å². The lowest BCUT2D eigenvalue weighted by Gasteiger charge is -2.11. The number of nitrogens with zero attached hydrogens (tertiary/aromatic N) is 2. The molecule has 0 bridgehead atoms. The van der Waals surface area contributed by atoms with Crippen LogP contribution in [0.3, 0.4) is 0 Å². The van der Waals surface area contributed by atoms with Crippen LogP contribution in [-0.4, -0.2) is 23.6 Å². The van der Waals surface area contributed by atoms with Gasteiger partial charge in [0.05, 0.1) is 12.8 Å². The first-order chi connectivity index (χ1) is 8.35. The van der Waals surface area contributed by atoms with Crippen molar-refractivity contribution in [3.63, 3.8) is 0 Å². The van der Waals surface area contributed by atoms with E-state index in [9.17, 15) is 0 Å². The average Bonchev–Trinajstić information content (AvgIpc) is 2.60. The lowest BCUT2D eigenvalue weighted by atomic mass is 10.1. The second-order valence-electron chi connectivity index (χ2n) is 4.53. The molecule has 0 spiro atoms. The van der Waals surface area contributed by atoms with E-state index in [0.29, 0.717) is 6.54 Å². The summed E-state index contributed by atoms with van der Waals surface area (Å²) < 4.78 is 5.41. The molecule has 2 rings (SSSR count). The summed E-state index contributed by atoms with van der Waals surface area (Å²) in [5.41, 5.74) is 7.94. The third kappa shape index (κ3) is 2.94. The summed E-state index contributed by atoms with van der Waals surface area (Å²) in [4.78, 5) is 9.17.